The van der Waals surface area contributed by atoms with Crippen LogP contribution in [0, 0.1) is 13.8 Å². The van der Waals surface area contributed by atoms with Gasteiger partial charge in [0.15, 0.2) is 0 Å². The van der Waals surface area contributed by atoms with Gasteiger partial charge < -0.3 is 14.0 Å². The summed E-state index contributed by atoms with van der Waals surface area (Å²) in [5, 5.41) is 0. The van der Waals surface area contributed by atoms with Crippen molar-refractivity contribution >= 4 is 0 Å². The van der Waals surface area contributed by atoms with E-state index in [0.29, 0.717) is 24.4 Å². The Morgan fingerprint density at radius 2 is 1.74 bits per heavy atom. The first-order chi connectivity index (χ1) is 14.7. The third-order valence-corrected chi connectivity index (χ3v) is 5.02. The maximum absolute atomic E-state index is 13.4. The molecule has 0 saturated carbocycles. The minimum atomic E-state index is -4.76. The summed E-state index contributed by atoms with van der Waals surface area (Å²) >= 11 is 0. The van der Waals surface area contributed by atoms with Crippen LogP contribution in [0.2, 0.25) is 0 Å². The average molecular weight is 435 g/mol. The fraction of sp³-hybridized carbons (Fsp3) is 0.364. The Bertz CT molecular complexity index is 1060. The summed E-state index contributed by atoms with van der Waals surface area (Å²) in [7, 11) is 0. The molecule has 0 unspecified atom stereocenters. The molecule has 5 nitrogen and oxygen atoms in total. The molecule has 0 saturated heterocycles. The molecule has 1 aliphatic heterocycles. The molecular weight excluding hydrogens is 414 g/mol. The molecule has 0 N–H and O–H groups in total. The lowest BCUT2D eigenvalue weighted by Gasteiger charge is -2.14. The highest BCUT2D eigenvalue weighted by Gasteiger charge is 2.31. The summed E-state index contributed by atoms with van der Waals surface area (Å²) in [6.45, 7) is 3.77. The summed E-state index contributed by atoms with van der Waals surface area (Å²) in [6, 6.07) is 9.37. The number of aryl methyl sites for hydroxylation is 2. The van der Waals surface area contributed by atoms with Crippen molar-refractivity contribution in [2.75, 3.05) is 13.3 Å². The molecule has 0 radical (unpaired) electrons. The van der Waals surface area contributed by atoms with E-state index >= 15 is 0 Å². The highest BCUT2D eigenvalue weighted by atomic mass is 19.4. The summed E-state index contributed by atoms with van der Waals surface area (Å²) < 4.78 is 62.4. The van der Waals surface area contributed by atoms with Crippen LogP contribution in [0.25, 0.3) is 22.6 Å². The lowest BCUT2D eigenvalue weighted by molar-refractivity contribution is -0.274. The average Bonchev–Trinajstić information content (AvgIpc) is 2.90. The van der Waals surface area contributed by atoms with Gasteiger partial charge in [0.25, 0.3) is 0 Å². The van der Waals surface area contributed by atoms with E-state index in [1.165, 1.54) is 24.3 Å². The van der Waals surface area contributed by atoms with Crippen molar-refractivity contribution < 1.29 is 27.0 Å². The molecule has 3 aromatic rings. The summed E-state index contributed by atoms with van der Waals surface area (Å²) in [5.74, 6) is 0.226. The van der Waals surface area contributed by atoms with E-state index in [-0.39, 0.29) is 12.3 Å². The smallest absolute Gasteiger partial charge is 0.406 e. The molecule has 0 amide bonds. The van der Waals surface area contributed by atoms with E-state index in [4.69, 9.17) is 9.72 Å². The number of ether oxygens (including phenoxy) is 2. The number of benzene rings is 1. The first kappa shape index (κ1) is 21.3. The molecule has 0 spiro atoms. The molecule has 4 rings (SSSR count). The van der Waals surface area contributed by atoms with Gasteiger partial charge in [-0.15, -0.1) is 13.2 Å². The fourth-order valence-corrected chi connectivity index (χ4v) is 3.84. The van der Waals surface area contributed by atoms with E-state index in [9.17, 15) is 17.6 Å². The molecular formula is C22H21F4N3O2. The van der Waals surface area contributed by atoms with Gasteiger partial charge >= 0.3 is 6.36 Å². The SMILES string of the molecule is Cc1cc(-c2nc(-c3ccc(OC(F)(F)F)cc3)n3c2CCO[C@H](CF)C3)cc(C)n1. The highest BCUT2D eigenvalue weighted by Crippen LogP contribution is 2.33. The van der Waals surface area contributed by atoms with Crippen LogP contribution in [0.15, 0.2) is 36.4 Å². The van der Waals surface area contributed by atoms with Crippen LogP contribution in [0.1, 0.15) is 17.1 Å². The van der Waals surface area contributed by atoms with E-state index < -0.39 is 19.1 Å². The number of alkyl halides is 4. The fourth-order valence-electron chi connectivity index (χ4n) is 3.84. The number of imidazole rings is 1. The van der Waals surface area contributed by atoms with Crippen molar-refractivity contribution in [2.24, 2.45) is 0 Å². The number of pyridine rings is 1. The van der Waals surface area contributed by atoms with Crippen molar-refractivity contribution in [3.8, 4) is 28.4 Å². The standard InChI is InChI=1S/C22H21F4N3O2/c1-13-9-16(10-14(2)27-13)20-19-7-8-30-18(11-23)12-29(19)21(28-20)15-3-5-17(6-4-15)31-22(24,25)26/h3-6,9-10,18H,7-8,11-12H2,1-2H3/t18-/m1/s1. The van der Waals surface area contributed by atoms with Gasteiger partial charge in [-0.3, -0.25) is 4.98 Å². The summed E-state index contributed by atoms with van der Waals surface area (Å²) in [5.41, 5.74) is 4.81. The van der Waals surface area contributed by atoms with Crippen LogP contribution in [0.3, 0.4) is 0 Å². The minimum Gasteiger partial charge on any atom is -0.406 e. The van der Waals surface area contributed by atoms with Crippen molar-refractivity contribution in [3.05, 3.63) is 53.5 Å². The predicted molar refractivity (Wildman–Crippen MR) is 106 cm³/mol. The number of hydrogen-bond donors (Lipinski definition) is 0. The van der Waals surface area contributed by atoms with Crippen LogP contribution >= 0.6 is 0 Å². The Kier molecular flexibility index (Phi) is 5.70. The Morgan fingerprint density at radius 3 is 2.35 bits per heavy atom. The second-order valence-electron chi connectivity index (χ2n) is 7.45. The first-order valence-electron chi connectivity index (χ1n) is 9.82. The summed E-state index contributed by atoms with van der Waals surface area (Å²) in [4.78, 5) is 9.23. The Labute approximate surface area is 176 Å². The van der Waals surface area contributed by atoms with Crippen LogP contribution in [-0.2, 0) is 17.7 Å². The largest absolute Gasteiger partial charge is 0.573 e. The van der Waals surface area contributed by atoms with Crippen molar-refractivity contribution in [2.45, 2.75) is 39.3 Å². The lowest BCUT2D eigenvalue weighted by Crippen LogP contribution is -2.21. The molecule has 0 aliphatic carbocycles. The van der Waals surface area contributed by atoms with Gasteiger partial charge in [0.05, 0.1) is 18.8 Å². The monoisotopic (exact) mass is 435 g/mol. The maximum Gasteiger partial charge on any atom is 0.573 e. The molecule has 0 fully saturated rings. The van der Waals surface area contributed by atoms with E-state index in [1.54, 1.807) is 0 Å². The van der Waals surface area contributed by atoms with Crippen LogP contribution in [-0.4, -0.2) is 40.3 Å². The maximum atomic E-state index is 13.4. The second kappa shape index (κ2) is 8.30. The van der Waals surface area contributed by atoms with E-state index in [0.717, 1.165) is 28.3 Å². The predicted octanol–water partition coefficient (Wildman–Crippen LogP) is 5.04. The molecule has 0 bridgehead atoms. The lowest BCUT2D eigenvalue weighted by atomic mass is 10.1. The zero-order chi connectivity index (χ0) is 22.2. The van der Waals surface area contributed by atoms with Crippen LogP contribution in [0.5, 0.6) is 5.75 Å². The first-order valence-corrected chi connectivity index (χ1v) is 9.82. The van der Waals surface area contributed by atoms with Crippen molar-refractivity contribution in [3.63, 3.8) is 0 Å². The number of rotatable bonds is 4. The number of halogens is 4. The van der Waals surface area contributed by atoms with Gasteiger partial charge in [-0.05, 0) is 50.2 Å². The third kappa shape index (κ3) is 4.71. The van der Waals surface area contributed by atoms with Gasteiger partial charge in [0.2, 0.25) is 0 Å². The zero-order valence-corrected chi connectivity index (χ0v) is 17.0. The number of aromatic nitrogens is 3. The van der Waals surface area contributed by atoms with E-state index in [2.05, 4.69) is 9.72 Å². The minimum absolute atomic E-state index is 0.262. The van der Waals surface area contributed by atoms with Gasteiger partial charge in [-0.2, -0.15) is 0 Å². The molecule has 164 valence electrons. The van der Waals surface area contributed by atoms with Gasteiger partial charge in [-0.1, -0.05) is 0 Å². The third-order valence-electron chi connectivity index (χ3n) is 5.02. The molecule has 31 heavy (non-hydrogen) atoms. The van der Waals surface area contributed by atoms with Gasteiger partial charge in [0.1, 0.15) is 24.4 Å². The molecule has 1 aliphatic rings. The number of nitrogens with zero attached hydrogens (tertiary/aromatic N) is 3. The normalized spacial score (nSPS) is 16.6. The summed E-state index contributed by atoms with van der Waals surface area (Å²) in [6.07, 6.45) is -4.84. The second-order valence-corrected chi connectivity index (χ2v) is 7.45. The zero-order valence-electron chi connectivity index (χ0n) is 17.0. The topological polar surface area (TPSA) is 49.2 Å². The van der Waals surface area contributed by atoms with Gasteiger partial charge in [-0.25, -0.2) is 9.37 Å². The number of fused-ring (bicyclic) bond motifs is 1. The van der Waals surface area contributed by atoms with E-state index in [1.807, 2.05) is 30.5 Å². The quantitative estimate of drug-likeness (QED) is 0.539. The molecule has 3 heterocycles. The Morgan fingerprint density at radius 1 is 1.06 bits per heavy atom. The highest BCUT2D eigenvalue weighted by molar-refractivity contribution is 5.69. The Hall–Kier alpha value is -2.94. The van der Waals surface area contributed by atoms with Crippen molar-refractivity contribution in [1.82, 2.24) is 14.5 Å². The van der Waals surface area contributed by atoms with Crippen molar-refractivity contribution in [1.29, 1.82) is 0 Å². The molecule has 9 heteroatoms. The Balaban J connectivity index is 1.81. The van der Waals surface area contributed by atoms with Gasteiger partial charge in [0, 0.05) is 34.6 Å². The number of hydrogen-bond acceptors (Lipinski definition) is 4. The molecule has 1 aromatic carbocycles. The van der Waals surface area contributed by atoms with Crippen LogP contribution < -0.4 is 4.74 Å². The van der Waals surface area contributed by atoms with Crippen LogP contribution in [0.4, 0.5) is 17.6 Å². The molecule has 2 aromatic heterocycles. The molecule has 1 atom stereocenters.